The number of nitrogen functional groups attached to an aromatic ring is 1. The monoisotopic (exact) mass is 253 g/mol. The Morgan fingerprint density at radius 1 is 1.39 bits per heavy atom. The second-order valence-electron chi connectivity index (χ2n) is 5.52. The number of carbonyl (C=O) groups is 1. The number of rotatable bonds is 3. The minimum atomic E-state index is -0.668. The first kappa shape index (κ1) is 14.3. The van der Waals surface area contributed by atoms with Crippen LogP contribution in [0.25, 0.3) is 0 Å². The summed E-state index contributed by atoms with van der Waals surface area (Å²) in [5.41, 5.74) is 11.1. The summed E-state index contributed by atoms with van der Waals surface area (Å²) >= 11 is 0. The summed E-state index contributed by atoms with van der Waals surface area (Å²) in [5, 5.41) is 3.03. The molecule has 1 aromatic rings. The number of primary amides is 1. The Kier molecular flexibility index (Phi) is 3.84. The summed E-state index contributed by atoms with van der Waals surface area (Å²) in [5.74, 6) is -1.16. The van der Waals surface area contributed by atoms with Crippen molar-refractivity contribution in [2.75, 3.05) is 11.1 Å². The third-order valence-electron chi connectivity index (χ3n) is 3.08. The number of hydrogen-bond acceptors (Lipinski definition) is 3. The summed E-state index contributed by atoms with van der Waals surface area (Å²) < 4.78 is 13.7. The van der Waals surface area contributed by atoms with E-state index in [-0.39, 0.29) is 28.4 Å². The molecule has 1 unspecified atom stereocenters. The summed E-state index contributed by atoms with van der Waals surface area (Å²) in [6, 6.07) is 2.49. The van der Waals surface area contributed by atoms with E-state index in [1.54, 1.807) is 0 Å². The van der Waals surface area contributed by atoms with Gasteiger partial charge in [0.15, 0.2) is 0 Å². The maximum Gasteiger partial charge on any atom is 0.250 e. The lowest BCUT2D eigenvalue weighted by Crippen LogP contribution is -2.31. The van der Waals surface area contributed by atoms with Crippen LogP contribution in [0.4, 0.5) is 15.8 Å². The van der Waals surface area contributed by atoms with Crippen LogP contribution in [-0.2, 0) is 0 Å². The summed E-state index contributed by atoms with van der Waals surface area (Å²) in [4.78, 5) is 11.2. The average molecular weight is 253 g/mol. The van der Waals surface area contributed by atoms with Gasteiger partial charge in [0, 0.05) is 11.7 Å². The van der Waals surface area contributed by atoms with Crippen molar-refractivity contribution >= 4 is 17.3 Å². The Bertz CT molecular complexity index is 466. The molecule has 0 aliphatic heterocycles. The van der Waals surface area contributed by atoms with Crippen molar-refractivity contribution in [1.82, 2.24) is 0 Å². The molecule has 0 spiro atoms. The molecule has 0 aromatic heterocycles. The first-order valence-electron chi connectivity index (χ1n) is 5.78. The zero-order valence-electron chi connectivity index (χ0n) is 11.2. The van der Waals surface area contributed by atoms with Gasteiger partial charge in [-0.05, 0) is 24.5 Å². The lowest BCUT2D eigenvalue weighted by atomic mass is 9.88. The minimum absolute atomic E-state index is 0.0244. The predicted octanol–water partition coefficient (Wildman–Crippen LogP) is 2.35. The van der Waals surface area contributed by atoms with Crippen molar-refractivity contribution in [3.8, 4) is 0 Å². The van der Waals surface area contributed by atoms with E-state index >= 15 is 0 Å². The first-order valence-corrected chi connectivity index (χ1v) is 5.78. The molecular formula is C13H20FN3O. The van der Waals surface area contributed by atoms with Gasteiger partial charge in [0.2, 0.25) is 0 Å². The molecule has 1 atom stereocenters. The quantitative estimate of drug-likeness (QED) is 0.723. The van der Waals surface area contributed by atoms with Crippen LogP contribution in [-0.4, -0.2) is 11.9 Å². The highest BCUT2D eigenvalue weighted by Crippen LogP contribution is 2.27. The molecular weight excluding hydrogens is 233 g/mol. The molecule has 1 amide bonds. The van der Waals surface area contributed by atoms with E-state index in [1.807, 2.05) is 27.7 Å². The van der Waals surface area contributed by atoms with E-state index in [4.69, 9.17) is 11.5 Å². The molecule has 0 aliphatic carbocycles. The van der Waals surface area contributed by atoms with Gasteiger partial charge in [-0.3, -0.25) is 4.79 Å². The number of anilines is 2. The van der Waals surface area contributed by atoms with Crippen molar-refractivity contribution in [3.05, 3.63) is 23.5 Å². The lowest BCUT2D eigenvalue weighted by molar-refractivity contribution is 0.100. The summed E-state index contributed by atoms with van der Waals surface area (Å²) in [6.45, 7) is 8.05. The van der Waals surface area contributed by atoms with Gasteiger partial charge in [-0.15, -0.1) is 0 Å². The largest absolute Gasteiger partial charge is 0.398 e. The van der Waals surface area contributed by atoms with E-state index in [9.17, 15) is 9.18 Å². The Labute approximate surface area is 107 Å². The fraction of sp³-hybridized carbons (Fsp3) is 0.462. The molecule has 4 nitrogen and oxygen atoms in total. The smallest absolute Gasteiger partial charge is 0.250 e. The summed E-state index contributed by atoms with van der Waals surface area (Å²) in [7, 11) is 0. The van der Waals surface area contributed by atoms with Crippen LogP contribution in [0.5, 0.6) is 0 Å². The van der Waals surface area contributed by atoms with Gasteiger partial charge < -0.3 is 16.8 Å². The van der Waals surface area contributed by atoms with Crippen LogP contribution in [0.15, 0.2) is 12.1 Å². The molecule has 5 heteroatoms. The van der Waals surface area contributed by atoms with Gasteiger partial charge in [0.05, 0.1) is 11.3 Å². The number of benzene rings is 1. The predicted molar refractivity (Wildman–Crippen MR) is 71.9 cm³/mol. The normalized spacial score (nSPS) is 13.2. The van der Waals surface area contributed by atoms with Gasteiger partial charge in [-0.2, -0.15) is 0 Å². The average Bonchev–Trinajstić information content (AvgIpc) is 2.19. The van der Waals surface area contributed by atoms with Gasteiger partial charge in [-0.25, -0.2) is 4.39 Å². The number of nitrogens with one attached hydrogen (secondary N) is 1. The van der Waals surface area contributed by atoms with Crippen LogP contribution in [0.3, 0.4) is 0 Å². The van der Waals surface area contributed by atoms with Crippen LogP contribution >= 0.6 is 0 Å². The zero-order chi connectivity index (χ0) is 14.1. The highest BCUT2D eigenvalue weighted by molar-refractivity contribution is 5.99. The van der Waals surface area contributed by atoms with Crippen LogP contribution in [0.1, 0.15) is 38.1 Å². The van der Waals surface area contributed by atoms with E-state index in [1.165, 1.54) is 6.07 Å². The Balaban J connectivity index is 3.10. The second kappa shape index (κ2) is 4.84. The van der Waals surface area contributed by atoms with E-state index in [2.05, 4.69) is 5.32 Å². The molecule has 0 bridgehead atoms. The number of halogens is 1. The molecule has 1 rings (SSSR count). The Morgan fingerprint density at radius 3 is 2.39 bits per heavy atom. The van der Waals surface area contributed by atoms with Gasteiger partial charge in [0.25, 0.3) is 5.91 Å². The van der Waals surface area contributed by atoms with Gasteiger partial charge >= 0.3 is 0 Å². The number of carbonyl (C=O) groups excluding carboxylic acids is 1. The molecule has 1 aromatic carbocycles. The molecule has 0 heterocycles. The van der Waals surface area contributed by atoms with Crippen LogP contribution in [0, 0.1) is 11.2 Å². The van der Waals surface area contributed by atoms with Crippen LogP contribution < -0.4 is 16.8 Å². The number of amides is 1. The second-order valence-corrected chi connectivity index (χ2v) is 5.52. The lowest BCUT2D eigenvalue weighted by Gasteiger charge is -2.29. The third-order valence-corrected chi connectivity index (χ3v) is 3.08. The number of nitrogens with two attached hydrogens (primary N) is 2. The van der Waals surface area contributed by atoms with E-state index in [0.717, 1.165) is 6.07 Å². The molecule has 0 aliphatic rings. The SMILES string of the molecule is CC(Nc1cc(C(N)=O)c(N)cc1F)C(C)(C)C. The van der Waals surface area contributed by atoms with Crippen molar-refractivity contribution in [1.29, 1.82) is 0 Å². The fourth-order valence-corrected chi connectivity index (χ4v) is 1.36. The van der Waals surface area contributed by atoms with Crippen molar-refractivity contribution < 1.29 is 9.18 Å². The standard InChI is InChI=1S/C13H20FN3O/c1-7(13(2,3)4)17-11-5-8(12(16)18)10(15)6-9(11)14/h5-7,17H,15H2,1-4H3,(H2,16,18). The highest BCUT2D eigenvalue weighted by Gasteiger charge is 2.21. The molecule has 18 heavy (non-hydrogen) atoms. The summed E-state index contributed by atoms with van der Waals surface area (Å²) in [6.07, 6.45) is 0. The molecule has 0 radical (unpaired) electrons. The van der Waals surface area contributed by atoms with Crippen LogP contribution in [0.2, 0.25) is 0 Å². The fourth-order valence-electron chi connectivity index (χ4n) is 1.36. The molecule has 100 valence electrons. The first-order chi connectivity index (χ1) is 8.12. The molecule has 5 N–H and O–H groups in total. The Hall–Kier alpha value is -1.78. The van der Waals surface area contributed by atoms with Gasteiger partial charge in [-0.1, -0.05) is 20.8 Å². The number of hydrogen-bond donors (Lipinski definition) is 3. The van der Waals surface area contributed by atoms with Crippen molar-refractivity contribution in [2.45, 2.75) is 33.7 Å². The highest BCUT2D eigenvalue weighted by atomic mass is 19.1. The van der Waals surface area contributed by atoms with E-state index in [0.29, 0.717) is 0 Å². The maximum atomic E-state index is 13.7. The molecule has 0 saturated heterocycles. The molecule has 0 fully saturated rings. The topological polar surface area (TPSA) is 81.1 Å². The third kappa shape index (κ3) is 3.12. The Morgan fingerprint density at radius 2 is 1.94 bits per heavy atom. The maximum absolute atomic E-state index is 13.7. The minimum Gasteiger partial charge on any atom is -0.398 e. The zero-order valence-corrected chi connectivity index (χ0v) is 11.2. The van der Waals surface area contributed by atoms with Crippen molar-refractivity contribution in [2.24, 2.45) is 11.1 Å². The van der Waals surface area contributed by atoms with Crippen molar-refractivity contribution in [3.63, 3.8) is 0 Å². The van der Waals surface area contributed by atoms with E-state index < -0.39 is 11.7 Å². The van der Waals surface area contributed by atoms with Gasteiger partial charge in [0.1, 0.15) is 5.82 Å². The molecule has 0 saturated carbocycles.